The van der Waals surface area contributed by atoms with Crippen LogP contribution in [0.4, 0.5) is 5.69 Å². The summed E-state index contributed by atoms with van der Waals surface area (Å²) in [6.07, 6.45) is 2.07. The molecular formula is C27H36ClN3O6S. The van der Waals surface area contributed by atoms with E-state index in [0.29, 0.717) is 48.3 Å². The molecule has 1 aliphatic rings. The molecule has 0 bridgehead atoms. The van der Waals surface area contributed by atoms with Crippen molar-refractivity contribution < 1.29 is 27.5 Å². The van der Waals surface area contributed by atoms with Crippen molar-refractivity contribution in [3.8, 4) is 11.5 Å². The van der Waals surface area contributed by atoms with Gasteiger partial charge in [0.25, 0.3) is 0 Å². The Hall–Kier alpha value is -2.98. The van der Waals surface area contributed by atoms with Gasteiger partial charge in [-0.25, -0.2) is 8.42 Å². The molecule has 38 heavy (non-hydrogen) atoms. The molecule has 1 heterocycles. The van der Waals surface area contributed by atoms with Crippen molar-refractivity contribution in [2.75, 3.05) is 36.4 Å². The Morgan fingerprint density at radius 2 is 1.76 bits per heavy atom. The second-order valence-electron chi connectivity index (χ2n) is 8.92. The van der Waals surface area contributed by atoms with E-state index in [1.165, 1.54) is 11.8 Å². The lowest BCUT2D eigenvalue weighted by atomic mass is 10.1. The number of rotatable bonds is 13. The molecule has 0 aliphatic carbocycles. The molecule has 0 spiro atoms. The lowest BCUT2D eigenvalue weighted by Gasteiger charge is -2.33. The third kappa shape index (κ3) is 7.32. The predicted molar refractivity (Wildman–Crippen MR) is 148 cm³/mol. The molecule has 208 valence electrons. The van der Waals surface area contributed by atoms with Gasteiger partial charge in [-0.3, -0.25) is 13.9 Å². The maximum Gasteiger partial charge on any atom is 0.244 e. The number of nitrogens with one attached hydrogen (secondary N) is 1. The van der Waals surface area contributed by atoms with E-state index in [9.17, 15) is 18.0 Å². The zero-order chi connectivity index (χ0) is 27.7. The second-order valence-corrected chi connectivity index (χ2v) is 11.5. The van der Waals surface area contributed by atoms with Gasteiger partial charge in [0.1, 0.15) is 25.8 Å². The Morgan fingerprint density at radius 1 is 1.05 bits per heavy atom. The number of ether oxygens (including phenoxy) is 2. The number of amides is 2. The van der Waals surface area contributed by atoms with Crippen LogP contribution in [0.25, 0.3) is 0 Å². The lowest BCUT2D eigenvalue weighted by Crippen LogP contribution is -2.52. The first kappa shape index (κ1) is 29.6. The van der Waals surface area contributed by atoms with Gasteiger partial charge in [0.05, 0.1) is 11.4 Å². The number of carbonyl (C=O) groups is 2. The van der Waals surface area contributed by atoms with Crippen LogP contribution in [0.5, 0.6) is 11.5 Å². The van der Waals surface area contributed by atoms with E-state index in [4.69, 9.17) is 21.1 Å². The van der Waals surface area contributed by atoms with E-state index in [2.05, 4.69) is 5.32 Å². The molecule has 1 aliphatic heterocycles. The van der Waals surface area contributed by atoms with Crippen molar-refractivity contribution in [2.45, 2.75) is 52.6 Å². The Bertz CT molecular complexity index is 1220. The summed E-state index contributed by atoms with van der Waals surface area (Å²) in [5.74, 6) is -0.101. The van der Waals surface area contributed by atoms with Crippen LogP contribution in [-0.2, 0) is 26.2 Å². The van der Waals surface area contributed by atoms with Gasteiger partial charge in [0, 0.05) is 24.2 Å². The Morgan fingerprint density at radius 3 is 2.42 bits per heavy atom. The topological polar surface area (TPSA) is 105 Å². The molecule has 0 aromatic heterocycles. The zero-order valence-corrected chi connectivity index (χ0v) is 23.7. The Balaban J connectivity index is 1.96. The van der Waals surface area contributed by atoms with E-state index in [0.717, 1.165) is 17.1 Å². The highest BCUT2D eigenvalue weighted by Gasteiger charge is 2.33. The zero-order valence-electron chi connectivity index (χ0n) is 22.1. The van der Waals surface area contributed by atoms with E-state index in [-0.39, 0.29) is 23.9 Å². The minimum Gasteiger partial charge on any atom is -0.486 e. The van der Waals surface area contributed by atoms with Gasteiger partial charge in [-0.2, -0.15) is 0 Å². The van der Waals surface area contributed by atoms with Crippen molar-refractivity contribution in [1.29, 1.82) is 0 Å². The molecule has 9 nitrogen and oxygen atoms in total. The summed E-state index contributed by atoms with van der Waals surface area (Å²) in [6.45, 7) is 6.16. The van der Waals surface area contributed by atoms with Crippen LogP contribution >= 0.6 is 11.6 Å². The average molecular weight is 566 g/mol. The van der Waals surface area contributed by atoms with Gasteiger partial charge in [-0.1, -0.05) is 50.1 Å². The molecule has 0 radical (unpaired) electrons. The van der Waals surface area contributed by atoms with Crippen LogP contribution in [0.2, 0.25) is 5.02 Å². The minimum atomic E-state index is -3.86. The Kier molecular flexibility index (Phi) is 10.7. The van der Waals surface area contributed by atoms with E-state index >= 15 is 0 Å². The number of carbonyl (C=O) groups excluding carboxylic acids is 2. The number of hydrogen-bond donors (Lipinski definition) is 1. The smallest absolute Gasteiger partial charge is 0.244 e. The second kappa shape index (κ2) is 13.7. The summed E-state index contributed by atoms with van der Waals surface area (Å²) in [7, 11) is -3.86. The normalized spacial score (nSPS) is 13.5. The number of anilines is 1. The van der Waals surface area contributed by atoms with Crippen LogP contribution in [0.3, 0.4) is 0 Å². The number of sulfonamides is 1. The fourth-order valence-electron chi connectivity index (χ4n) is 4.14. The summed E-state index contributed by atoms with van der Waals surface area (Å²) in [5, 5.41) is 3.36. The minimum absolute atomic E-state index is 0.0549. The van der Waals surface area contributed by atoms with Crippen LogP contribution in [0.15, 0.2) is 42.5 Å². The molecule has 11 heteroatoms. The third-order valence-corrected chi connectivity index (χ3v) is 8.42. The standard InChI is InChI=1S/C27H36ClN3O6S/c1-4-7-14-29-27(33)23(5-2)30(18-20-10-8-9-11-22(20)28)26(32)19-31(38(34,35)6-3)21-12-13-24-25(17-21)37-16-15-36-24/h8-13,17,23H,4-7,14-16,18-19H2,1-3H3,(H,29,33). The molecule has 0 fully saturated rings. The first-order valence-corrected chi connectivity index (χ1v) is 14.9. The van der Waals surface area contributed by atoms with E-state index < -0.39 is 28.5 Å². The van der Waals surface area contributed by atoms with Crippen LogP contribution < -0.4 is 19.1 Å². The molecule has 1 unspecified atom stereocenters. The number of unbranched alkanes of at least 4 members (excludes halogenated alkanes) is 1. The van der Waals surface area contributed by atoms with Gasteiger partial charge in [-0.15, -0.1) is 0 Å². The fraction of sp³-hybridized carbons (Fsp3) is 0.481. The first-order valence-electron chi connectivity index (χ1n) is 12.9. The summed E-state index contributed by atoms with van der Waals surface area (Å²) in [5.41, 5.74) is 0.939. The summed E-state index contributed by atoms with van der Waals surface area (Å²) < 4.78 is 38.6. The summed E-state index contributed by atoms with van der Waals surface area (Å²) >= 11 is 6.40. The molecule has 1 N–H and O–H groups in total. The maximum atomic E-state index is 13.9. The van der Waals surface area contributed by atoms with Gasteiger partial charge in [0.15, 0.2) is 11.5 Å². The quantitative estimate of drug-likeness (QED) is 0.368. The van der Waals surface area contributed by atoms with Gasteiger partial charge in [-0.05, 0) is 43.5 Å². The molecule has 1 atom stereocenters. The molecule has 2 aromatic rings. The number of fused-ring (bicyclic) bond motifs is 1. The van der Waals surface area contributed by atoms with Crippen LogP contribution in [0, 0.1) is 0 Å². The molecule has 2 aromatic carbocycles. The van der Waals surface area contributed by atoms with Crippen molar-refractivity contribution in [3.63, 3.8) is 0 Å². The van der Waals surface area contributed by atoms with Crippen LogP contribution in [0.1, 0.15) is 45.6 Å². The monoisotopic (exact) mass is 565 g/mol. The predicted octanol–water partition coefficient (Wildman–Crippen LogP) is 3.99. The SMILES string of the molecule is CCCCNC(=O)C(CC)N(Cc1ccccc1Cl)C(=O)CN(c1ccc2c(c1)OCCO2)S(=O)(=O)CC. The first-order chi connectivity index (χ1) is 18.2. The van der Waals surface area contributed by atoms with Crippen LogP contribution in [-0.4, -0.2) is 63.2 Å². The van der Waals surface area contributed by atoms with E-state index in [1.807, 2.05) is 13.8 Å². The third-order valence-electron chi connectivity index (χ3n) is 6.31. The molecule has 3 rings (SSSR count). The molecular weight excluding hydrogens is 530 g/mol. The highest BCUT2D eigenvalue weighted by atomic mass is 35.5. The fourth-order valence-corrected chi connectivity index (χ4v) is 5.39. The van der Waals surface area contributed by atoms with E-state index in [1.54, 1.807) is 42.5 Å². The van der Waals surface area contributed by atoms with Crippen molar-refractivity contribution >= 4 is 39.1 Å². The van der Waals surface area contributed by atoms with Gasteiger partial charge < -0.3 is 19.7 Å². The highest BCUT2D eigenvalue weighted by molar-refractivity contribution is 7.92. The molecule has 0 saturated carbocycles. The maximum absolute atomic E-state index is 13.9. The number of hydrogen-bond acceptors (Lipinski definition) is 6. The van der Waals surface area contributed by atoms with Gasteiger partial charge in [0.2, 0.25) is 21.8 Å². The number of nitrogens with zero attached hydrogens (tertiary/aromatic N) is 2. The number of halogens is 1. The van der Waals surface area contributed by atoms with Gasteiger partial charge >= 0.3 is 0 Å². The van der Waals surface area contributed by atoms with Crippen molar-refractivity contribution in [1.82, 2.24) is 10.2 Å². The largest absolute Gasteiger partial charge is 0.486 e. The van der Waals surface area contributed by atoms with Crippen molar-refractivity contribution in [3.05, 3.63) is 53.1 Å². The Labute approximate surface area is 230 Å². The average Bonchev–Trinajstić information content (AvgIpc) is 2.92. The molecule has 2 amide bonds. The number of benzene rings is 2. The summed E-state index contributed by atoms with van der Waals surface area (Å²) in [6, 6.07) is 11.0. The lowest BCUT2D eigenvalue weighted by molar-refractivity contribution is -0.140. The molecule has 0 saturated heterocycles. The van der Waals surface area contributed by atoms with Crippen molar-refractivity contribution in [2.24, 2.45) is 0 Å². The summed E-state index contributed by atoms with van der Waals surface area (Å²) in [4.78, 5) is 28.4. The highest BCUT2D eigenvalue weighted by Crippen LogP contribution is 2.35.